The molecular formula is C9H10O6S. The number of hydrogen-bond donors (Lipinski definition) is 1. The summed E-state index contributed by atoms with van der Waals surface area (Å²) in [5, 5.41) is 0. The van der Waals surface area contributed by atoms with Gasteiger partial charge in [-0.2, -0.15) is 8.42 Å². The monoisotopic (exact) mass is 246 g/mol. The minimum atomic E-state index is -4.20. The Balaban J connectivity index is 2.69. The summed E-state index contributed by atoms with van der Waals surface area (Å²) < 4.78 is 39.4. The quantitative estimate of drug-likeness (QED) is 0.614. The number of rotatable bonds is 4. The van der Waals surface area contributed by atoms with Gasteiger partial charge in [0.15, 0.2) is 6.61 Å². The summed E-state index contributed by atoms with van der Waals surface area (Å²) in [7, 11) is -2.97. The molecule has 1 aromatic rings. The Bertz CT molecular complexity index is 461. The van der Waals surface area contributed by atoms with Gasteiger partial charge in [0.25, 0.3) is 10.1 Å². The number of methoxy groups -OCH3 is 1. The normalized spacial score (nSPS) is 10.9. The molecular weight excluding hydrogens is 236 g/mol. The van der Waals surface area contributed by atoms with Gasteiger partial charge in [0.2, 0.25) is 0 Å². The van der Waals surface area contributed by atoms with E-state index in [-0.39, 0.29) is 11.5 Å². The van der Waals surface area contributed by atoms with Crippen LogP contribution in [-0.4, -0.2) is 32.7 Å². The van der Waals surface area contributed by atoms with E-state index in [4.69, 9.17) is 9.29 Å². The third-order valence-electron chi connectivity index (χ3n) is 1.71. The number of hydrogen-bond acceptors (Lipinski definition) is 5. The predicted molar refractivity (Wildman–Crippen MR) is 53.8 cm³/mol. The molecule has 0 aliphatic heterocycles. The average molecular weight is 246 g/mol. The standard InChI is InChI=1S/C9H10O6S/c1-14-9(10)6-15-7-2-4-8(5-3-7)16(11,12)13/h2-5H,6H2,1H3,(H,11,12,13). The molecule has 16 heavy (non-hydrogen) atoms. The Morgan fingerprint density at radius 1 is 1.31 bits per heavy atom. The number of ether oxygens (including phenoxy) is 2. The molecule has 1 N–H and O–H groups in total. The van der Waals surface area contributed by atoms with Crippen LogP contribution in [0.3, 0.4) is 0 Å². The van der Waals surface area contributed by atoms with Gasteiger partial charge >= 0.3 is 5.97 Å². The number of carbonyl (C=O) groups excluding carboxylic acids is 1. The fraction of sp³-hybridized carbons (Fsp3) is 0.222. The minimum absolute atomic E-state index is 0.238. The fourth-order valence-corrected chi connectivity index (χ4v) is 1.39. The minimum Gasteiger partial charge on any atom is -0.482 e. The summed E-state index contributed by atoms with van der Waals surface area (Å²) in [6, 6.07) is 4.99. The summed E-state index contributed by atoms with van der Waals surface area (Å²) >= 11 is 0. The van der Waals surface area contributed by atoms with Crippen molar-refractivity contribution in [2.24, 2.45) is 0 Å². The molecule has 0 fully saturated rings. The smallest absolute Gasteiger partial charge is 0.343 e. The summed E-state index contributed by atoms with van der Waals surface area (Å²) in [5.74, 6) is -0.239. The first-order valence-corrected chi connectivity index (χ1v) is 5.64. The van der Waals surface area contributed by atoms with Crippen molar-refractivity contribution in [1.82, 2.24) is 0 Å². The van der Waals surface area contributed by atoms with E-state index in [0.717, 1.165) is 0 Å². The molecule has 0 spiro atoms. The molecule has 0 saturated carbocycles. The van der Waals surface area contributed by atoms with E-state index in [1.165, 1.54) is 31.4 Å². The Hall–Kier alpha value is -1.60. The highest BCUT2D eigenvalue weighted by Crippen LogP contribution is 2.15. The molecule has 0 unspecified atom stereocenters. The van der Waals surface area contributed by atoms with Crippen molar-refractivity contribution < 1.29 is 27.2 Å². The van der Waals surface area contributed by atoms with Crippen LogP contribution in [0.1, 0.15) is 0 Å². The van der Waals surface area contributed by atoms with Crippen LogP contribution in [0.2, 0.25) is 0 Å². The van der Waals surface area contributed by atoms with Gasteiger partial charge in [-0.25, -0.2) is 4.79 Å². The Morgan fingerprint density at radius 2 is 1.88 bits per heavy atom. The molecule has 0 radical (unpaired) electrons. The topological polar surface area (TPSA) is 89.9 Å². The highest BCUT2D eigenvalue weighted by Gasteiger charge is 2.09. The fourth-order valence-electron chi connectivity index (χ4n) is 0.909. The van der Waals surface area contributed by atoms with Crippen LogP contribution >= 0.6 is 0 Å². The van der Waals surface area contributed by atoms with Gasteiger partial charge in [0.1, 0.15) is 5.75 Å². The van der Waals surface area contributed by atoms with Crippen molar-refractivity contribution in [1.29, 1.82) is 0 Å². The zero-order chi connectivity index (χ0) is 12.2. The molecule has 0 amide bonds. The van der Waals surface area contributed by atoms with E-state index in [2.05, 4.69) is 4.74 Å². The SMILES string of the molecule is COC(=O)COc1ccc(S(=O)(=O)O)cc1. The third kappa shape index (κ3) is 3.52. The molecule has 0 saturated heterocycles. The van der Waals surface area contributed by atoms with Crippen LogP contribution in [0.5, 0.6) is 5.75 Å². The second-order valence-electron chi connectivity index (χ2n) is 2.81. The van der Waals surface area contributed by atoms with Crippen LogP contribution in [-0.2, 0) is 19.6 Å². The van der Waals surface area contributed by atoms with E-state index in [1.54, 1.807) is 0 Å². The molecule has 88 valence electrons. The highest BCUT2D eigenvalue weighted by molar-refractivity contribution is 7.85. The van der Waals surface area contributed by atoms with E-state index in [1.807, 2.05) is 0 Å². The molecule has 6 nitrogen and oxygen atoms in total. The van der Waals surface area contributed by atoms with E-state index < -0.39 is 16.1 Å². The molecule has 1 aromatic carbocycles. The molecule has 0 aliphatic carbocycles. The largest absolute Gasteiger partial charge is 0.482 e. The molecule has 0 aromatic heterocycles. The lowest BCUT2D eigenvalue weighted by molar-refractivity contribution is -0.142. The van der Waals surface area contributed by atoms with Gasteiger partial charge < -0.3 is 9.47 Å². The second-order valence-corrected chi connectivity index (χ2v) is 4.23. The average Bonchev–Trinajstić information content (AvgIpc) is 2.25. The van der Waals surface area contributed by atoms with Gasteiger partial charge in [-0.15, -0.1) is 0 Å². The van der Waals surface area contributed by atoms with Crippen molar-refractivity contribution in [3.63, 3.8) is 0 Å². The Kier molecular flexibility index (Phi) is 3.86. The van der Waals surface area contributed by atoms with Crippen LogP contribution in [0, 0.1) is 0 Å². The van der Waals surface area contributed by atoms with Crippen molar-refractivity contribution in [2.45, 2.75) is 4.90 Å². The second kappa shape index (κ2) is 4.95. The lowest BCUT2D eigenvalue weighted by Gasteiger charge is -2.04. The van der Waals surface area contributed by atoms with Gasteiger partial charge in [-0.05, 0) is 24.3 Å². The van der Waals surface area contributed by atoms with E-state index in [0.29, 0.717) is 5.75 Å². The van der Waals surface area contributed by atoms with E-state index >= 15 is 0 Å². The molecule has 7 heteroatoms. The molecule has 0 heterocycles. The van der Waals surface area contributed by atoms with Crippen LogP contribution in [0.15, 0.2) is 29.2 Å². The Morgan fingerprint density at radius 3 is 2.31 bits per heavy atom. The first-order chi connectivity index (χ1) is 7.43. The number of carbonyl (C=O) groups is 1. The lowest BCUT2D eigenvalue weighted by Crippen LogP contribution is -2.12. The maximum absolute atomic E-state index is 10.7. The maximum Gasteiger partial charge on any atom is 0.343 e. The van der Waals surface area contributed by atoms with Gasteiger partial charge in [-0.3, -0.25) is 4.55 Å². The number of esters is 1. The molecule has 0 atom stereocenters. The predicted octanol–water partition coefficient (Wildman–Crippen LogP) is 0.485. The van der Waals surface area contributed by atoms with Crippen LogP contribution < -0.4 is 4.74 Å². The van der Waals surface area contributed by atoms with Crippen LogP contribution in [0.25, 0.3) is 0 Å². The van der Waals surface area contributed by atoms with Crippen molar-refractivity contribution >= 4 is 16.1 Å². The zero-order valence-electron chi connectivity index (χ0n) is 8.41. The molecule has 0 bridgehead atoms. The van der Waals surface area contributed by atoms with Gasteiger partial charge in [0, 0.05) is 0 Å². The van der Waals surface area contributed by atoms with Crippen LogP contribution in [0.4, 0.5) is 0 Å². The van der Waals surface area contributed by atoms with Crippen molar-refractivity contribution in [3.05, 3.63) is 24.3 Å². The summed E-state index contributed by atoms with van der Waals surface area (Å²) in [4.78, 5) is 10.5. The van der Waals surface area contributed by atoms with Gasteiger partial charge in [-0.1, -0.05) is 0 Å². The first-order valence-electron chi connectivity index (χ1n) is 4.20. The first kappa shape index (κ1) is 12.5. The molecule has 0 aliphatic rings. The third-order valence-corrected chi connectivity index (χ3v) is 2.57. The summed E-state index contributed by atoms with van der Waals surface area (Å²) in [6.45, 7) is -0.262. The van der Waals surface area contributed by atoms with Crippen molar-refractivity contribution in [2.75, 3.05) is 13.7 Å². The summed E-state index contributed by atoms with van der Waals surface area (Å²) in [5.41, 5.74) is 0. The highest BCUT2D eigenvalue weighted by atomic mass is 32.2. The van der Waals surface area contributed by atoms with Crippen molar-refractivity contribution in [3.8, 4) is 5.75 Å². The maximum atomic E-state index is 10.7. The van der Waals surface area contributed by atoms with Gasteiger partial charge in [0.05, 0.1) is 12.0 Å². The summed E-state index contributed by atoms with van der Waals surface area (Å²) in [6.07, 6.45) is 0. The number of benzene rings is 1. The Labute approximate surface area is 92.5 Å². The lowest BCUT2D eigenvalue weighted by atomic mass is 10.3. The molecule has 1 rings (SSSR count). The van der Waals surface area contributed by atoms with E-state index in [9.17, 15) is 13.2 Å². The zero-order valence-corrected chi connectivity index (χ0v) is 9.23.